The molecular formula is C71H130F22. The van der Waals surface area contributed by atoms with Crippen molar-refractivity contribution in [1.29, 1.82) is 0 Å². The van der Waals surface area contributed by atoms with Crippen LogP contribution in [0.4, 0.5) is 96.6 Å². The van der Waals surface area contributed by atoms with E-state index >= 15 is 0 Å². The molecule has 0 atom stereocenters. The molecule has 93 heavy (non-hydrogen) atoms. The van der Waals surface area contributed by atoms with E-state index in [2.05, 4.69) is 106 Å². The second-order valence-electron chi connectivity index (χ2n) is 36.3. The van der Waals surface area contributed by atoms with Crippen LogP contribution in [0.15, 0.2) is 30.3 Å². The van der Waals surface area contributed by atoms with E-state index < -0.39 is 108 Å². The highest BCUT2D eigenvalue weighted by atomic mass is 19.4. The summed E-state index contributed by atoms with van der Waals surface area (Å²) in [6.45, 7) is 64.2. The maximum Gasteiger partial charge on any atom is 0.394 e. The highest BCUT2D eigenvalue weighted by Crippen LogP contribution is 2.54. The second kappa shape index (κ2) is 33.7. The van der Waals surface area contributed by atoms with E-state index in [9.17, 15) is 96.6 Å². The van der Waals surface area contributed by atoms with Crippen LogP contribution in [0.3, 0.4) is 0 Å². The normalized spacial score (nSPS) is 14.7. The first-order valence-electron chi connectivity index (χ1n) is 30.8. The zero-order chi connectivity index (χ0) is 79.3. The van der Waals surface area contributed by atoms with Gasteiger partial charge in [-0.3, -0.25) is 0 Å². The summed E-state index contributed by atoms with van der Waals surface area (Å²) in [7, 11) is 0. The summed E-state index contributed by atoms with van der Waals surface area (Å²) in [5, 5.41) is 0. The molecule has 0 nitrogen and oxygen atoms in total. The van der Waals surface area contributed by atoms with Gasteiger partial charge in [0.05, 0.1) is 27.1 Å². The standard InChI is InChI=1S/C14H22.5C8H15F3.C8H18.C5H9F3.C4H6F4/c1-13(2,3)14(4,5)11-12-9-7-6-8-10-12;5*1-6(2,3)7(4,5)8(9,10)11;1-7(2,3)8(4,5)6;1-4(2,6)5(3,7)8;1-3(5,6)4(2,7)8/h6-10H,11H2,1-5H3;5*1-5H3;1-6H3;1-3H3;1-2H3. The molecule has 0 aromatic heterocycles. The van der Waals surface area contributed by atoms with E-state index in [1.807, 2.05) is 0 Å². The van der Waals surface area contributed by atoms with Gasteiger partial charge in [-0.05, 0) is 74.6 Å². The van der Waals surface area contributed by atoms with Crippen LogP contribution in [0.25, 0.3) is 0 Å². The molecule has 0 saturated heterocycles. The SMILES string of the molecule is CC(C)(C)C(C)(C)C.CC(C)(C)C(C)(C)C(F)(F)F.CC(C)(C)C(C)(C)C(F)(F)F.CC(C)(C)C(C)(C)C(F)(F)F.CC(C)(C)C(C)(C)C(F)(F)F.CC(C)(C)C(C)(C)C(F)(F)F.CC(C)(C)C(C)(C)Cc1ccccc1.CC(C)(F)C(C)(F)F.CC(F)(F)C(C)(F)F. The Morgan fingerprint density at radius 3 is 0.398 bits per heavy atom. The van der Waals surface area contributed by atoms with Crippen molar-refractivity contribution in [2.45, 2.75) is 345 Å². The van der Waals surface area contributed by atoms with E-state index in [1.54, 1.807) is 104 Å². The molecule has 0 bridgehead atoms. The monoisotopic (exact) mass is 1400 g/mol. The van der Waals surface area contributed by atoms with Gasteiger partial charge in [0, 0.05) is 20.8 Å². The fourth-order valence-corrected chi connectivity index (χ4v) is 3.50. The third-order valence-corrected chi connectivity index (χ3v) is 20.5. The van der Waals surface area contributed by atoms with Crippen molar-refractivity contribution >= 4 is 0 Å². The Hall–Kier alpha value is -2.32. The van der Waals surface area contributed by atoms with Crippen LogP contribution in [0.2, 0.25) is 0 Å². The average molecular weight is 1400 g/mol. The summed E-state index contributed by atoms with van der Waals surface area (Å²) in [6.07, 6.45) is -19.4. The van der Waals surface area contributed by atoms with Crippen LogP contribution in [-0.4, -0.2) is 54.3 Å². The minimum absolute atomic E-state index is 0.188. The lowest BCUT2D eigenvalue weighted by Gasteiger charge is -2.40. The van der Waals surface area contributed by atoms with Gasteiger partial charge in [0.1, 0.15) is 0 Å². The minimum Gasteiger partial charge on any atom is -0.238 e. The third kappa shape index (κ3) is 36.9. The number of alkyl halides is 22. The quantitative estimate of drug-likeness (QED) is 0.264. The topological polar surface area (TPSA) is 0 Å². The van der Waals surface area contributed by atoms with Gasteiger partial charge >= 0.3 is 42.7 Å². The Kier molecular flexibility index (Phi) is 38.6. The second-order valence-corrected chi connectivity index (χ2v) is 36.3. The molecule has 0 amide bonds. The Morgan fingerprint density at radius 2 is 0.333 bits per heavy atom. The van der Waals surface area contributed by atoms with E-state index in [-0.39, 0.29) is 13.8 Å². The number of halogens is 22. The lowest BCUT2D eigenvalue weighted by atomic mass is 9.66. The molecule has 0 spiro atoms. The van der Waals surface area contributed by atoms with Gasteiger partial charge in [0.2, 0.25) is 0 Å². The Labute approximate surface area is 551 Å². The lowest BCUT2D eigenvalue weighted by Crippen LogP contribution is -2.43. The van der Waals surface area contributed by atoms with Crippen LogP contribution in [0.1, 0.15) is 289 Å². The minimum atomic E-state index is -4.12. The fourth-order valence-electron chi connectivity index (χ4n) is 3.50. The molecule has 0 heterocycles. The number of hydrogen-bond acceptors (Lipinski definition) is 0. The lowest BCUT2D eigenvalue weighted by molar-refractivity contribution is -0.244. The highest BCUT2D eigenvalue weighted by Gasteiger charge is 2.58. The van der Waals surface area contributed by atoms with Crippen LogP contribution >= 0.6 is 0 Å². The molecule has 0 N–H and O–H groups in total. The number of rotatable bonds is 4. The molecule has 0 unspecified atom stereocenters. The highest BCUT2D eigenvalue weighted by molar-refractivity contribution is 5.17. The summed E-state index contributed by atoms with van der Waals surface area (Å²) in [5.74, 6) is -11.0. The molecule has 568 valence electrons. The van der Waals surface area contributed by atoms with E-state index in [4.69, 9.17) is 0 Å². The maximum atomic E-state index is 12.3. The van der Waals surface area contributed by atoms with Crippen LogP contribution in [0, 0.1) is 75.8 Å². The van der Waals surface area contributed by atoms with Gasteiger partial charge in [-0.2, -0.15) is 65.9 Å². The predicted molar refractivity (Wildman–Crippen MR) is 346 cm³/mol. The van der Waals surface area contributed by atoms with Crippen molar-refractivity contribution in [1.82, 2.24) is 0 Å². The summed E-state index contributed by atoms with van der Waals surface area (Å²) in [6, 6.07) is 10.7. The molecule has 1 rings (SSSR count). The van der Waals surface area contributed by atoms with Crippen LogP contribution in [0.5, 0.6) is 0 Å². The van der Waals surface area contributed by atoms with Gasteiger partial charge in [-0.1, -0.05) is 280 Å². The van der Waals surface area contributed by atoms with Crippen molar-refractivity contribution in [2.75, 3.05) is 0 Å². The van der Waals surface area contributed by atoms with Gasteiger partial charge in [-0.25, -0.2) is 30.7 Å². The summed E-state index contributed by atoms with van der Waals surface area (Å²) in [5.41, 5.74) is -11.2. The van der Waals surface area contributed by atoms with Crippen LogP contribution < -0.4 is 0 Å². The molecule has 0 saturated carbocycles. The zero-order valence-corrected chi connectivity index (χ0v) is 64.9. The number of benzene rings is 1. The molecule has 1 aromatic rings. The van der Waals surface area contributed by atoms with Crippen molar-refractivity contribution < 1.29 is 96.6 Å². The smallest absolute Gasteiger partial charge is 0.238 e. The van der Waals surface area contributed by atoms with Crippen molar-refractivity contribution in [3.05, 3.63) is 35.9 Å². The summed E-state index contributed by atoms with van der Waals surface area (Å²) in [4.78, 5) is 0. The van der Waals surface area contributed by atoms with Gasteiger partial charge < -0.3 is 0 Å². The van der Waals surface area contributed by atoms with Crippen molar-refractivity contribution in [2.24, 2.45) is 75.8 Å². The van der Waals surface area contributed by atoms with Crippen molar-refractivity contribution in [3.8, 4) is 0 Å². The maximum absolute atomic E-state index is 12.3. The molecule has 0 radical (unpaired) electrons. The first-order valence-corrected chi connectivity index (χ1v) is 30.8. The molecule has 0 fully saturated rings. The van der Waals surface area contributed by atoms with Gasteiger partial charge in [-0.15, -0.1) is 0 Å². The largest absolute Gasteiger partial charge is 0.394 e. The van der Waals surface area contributed by atoms with E-state index in [0.29, 0.717) is 28.6 Å². The Balaban J connectivity index is -0.000000146. The third-order valence-electron chi connectivity index (χ3n) is 20.5. The molecule has 0 aliphatic heterocycles. The zero-order valence-electron chi connectivity index (χ0n) is 64.9. The first kappa shape index (κ1) is 107. The molecule has 0 aliphatic rings. The molecule has 1 aromatic carbocycles. The Bertz CT molecular complexity index is 1780. The fraction of sp³-hybridized carbons (Fsp3) is 0.915. The Morgan fingerprint density at radius 1 is 0.194 bits per heavy atom. The number of hydrogen-bond donors (Lipinski definition) is 0. The molecule has 22 heteroatoms. The van der Waals surface area contributed by atoms with Gasteiger partial charge in [0.15, 0.2) is 5.67 Å². The average Bonchev–Trinajstić information content (AvgIpc) is 3.19. The summed E-state index contributed by atoms with van der Waals surface area (Å²) >= 11 is 0. The molecular weight excluding hydrogens is 1270 g/mol. The molecule has 0 aliphatic carbocycles. The first-order chi connectivity index (χ1) is 38.6. The van der Waals surface area contributed by atoms with Crippen LogP contribution in [-0.2, 0) is 6.42 Å². The van der Waals surface area contributed by atoms with E-state index in [0.717, 1.165) is 20.3 Å². The van der Waals surface area contributed by atoms with E-state index in [1.165, 1.54) is 74.8 Å². The summed E-state index contributed by atoms with van der Waals surface area (Å²) < 4.78 is 267. The predicted octanol–water partition coefficient (Wildman–Crippen LogP) is 30.2. The van der Waals surface area contributed by atoms with Crippen molar-refractivity contribution in [3.63, 3.8) is 0 Å². The van der Waals surface area contributed by atoms with Gasteiger partial charge in [0.25, 0.3) is 5.92 Å².